The highest BCUT2D eigenvalue weighted by molar-refractivity contribution is 5.92. The van der Waals surface area contributed by atoms with E-state index in [-0.39, 0.29) is 18.2 Å². The minimum Gasteiger partial charge on any atom is -0.348 e. The maximum absolute atomic E-state index is 11.6. The predicted octanol–water partition coefficient (Wildman–Crippen LogP) is 2.51. The van der Waals surface area contributed by atoms with Gasteiger partial charge < -0.3 is 10.6 Å². The molecule has 0 unspecified atom stereocenters. The Morgan fingerprint density at radius 2 is 2.14 bits per heavy atom. The zero-order valence-electron chi connectivity index (χ0n) is 12.3. The van der Waals surface area contributed by atoms with Crippen LogP contribution in [0.5, 0.6) is 0 Å². The highest BCUT2D eigenvalue weighted by Gasteiger charge is 2.03. The molecular weight excluding hydrogens is 266 g/mol. The third-order valence-electron chi connectivity index (χ3n) is 2.85. The van der Waals surface area contributed by atoms with E-state index in [0.717, 1.165) is 17.6 Å². The van der Waals surface area contributed by atoms with E-state index >= 15 is 0 Å². The fraction of sp³-hybridized carbons (Fsp3) is 0.312. The fourth-order valence-corrected chi connectivity index (χ4v) is 1.60. The second-order valence-electron chi connectivity index (χ2n) is 4.65. The lowest BCUT2D eigenvalue weighted by molar-refractivity contribution is -0.117. The van der Waals surface area contributed by atoms with Gasteiger partial charge in [-0.15, -0.1) is 0 Å². The molecule has 0 aromatic heterocycles. The van der Waals surface area contributed by atoms with Crippen molar-refractivity contribution >= 4 is 17.5 Å². The smallest absolute Gasteiger partial charge is 0.244 e. The van der Waals surface area contributed by atoms with Crippen LogP contribution in [-0.2, 0) is 16.1 Å². The number of carbonyl (C=O) groups excluding carboxylic acids is 2. The Hall–Kier alpha value is -2.61. The molecule has 0 radical (unpaired) electrons. The molecule has 0 bridgehead atoms. The average Bonchev–Trinajstić information content (AvgIpc) is 2.45. The molecular formula is C16H19N3O2. The molecule has 0 saturated carbocycles. The van der Waals surface area contributed by atoms with Crippen molar-refractivity contribution in [1.82, 2.24) is 5.32 Å². The van der Waals surface area contributed by atoms with E-state index in [1.54, 1.807) is 30.3 Å². The number of nitriles is 1. The number of rotatable bonds is 6. The van der Waals surface area contributed by atoms with Gasteiger partial charge in [-0.25, -0.2) is 0 Å². The van der Waals surface area contributed by atoms with Gasteiger partial charge in [0.05, 0.1) is 6.07 Å². The maximum Gasteiger partial charge on any atom is 0.244 e. The van der Waals surface area contributed by atoms with E-state index in [9.17, 15) is 9.59 Å². The molecule has 0 spiro atoms. The van der Waals surface area contributed by atoms with Crippen LogP contribution in [0.15, 0.2) is 35.9 Å². The van der Waals surface area contributed by atoms with Crippen molar-refractivity contribution in [3.63, 3.8) is 0 Å². The summed E-state index contributed by atoms with van der Waals surface area (Å²) >= 11 is 0. The van der Waals surface area contributed by atoms with Crippen molar-refractivity contribution in [3.05, 3.63) is 41.5 Å². The highest BCUT2D eigenvalue weighted by atomic mass is 16.2. The van der Waals surface area contributed by atoms with Gasteiger partial charge >= 0.3 is 0 Å². The Bertz CT molecular complexity index is 585. The van der Waals surface area contributed by atoms with Gasteiger partial charge in [0, 0.05) is 18.3 Å². The Morgan fingerprint density at radius 1 is 1.38 bits per heavy atom. The van der Waals surface area contributed by atoms with Crippen molar-refractivity contribution in [3.8, 4) is 6.07 Å². The number of nitrogens with one attached hydrogen (secondary N) is 2. The van der Waals surface area contributed by atoms with E-state index in [4.69, 9.17) is 5.26 Å². The molecule has 0 aliphatic carbocycles. The Kier molecular flexibility index (Phi) is 6.69. The first kappa shape index (κ1) is 16.4. The van der Waals surface area contributed by atoms with Crippen molar-refractivity contribution in [2.24, 2.45) is 0 Å². The number of anilines is 1. The van der Waals surface area contributed by atoms with E-state index in [1.165, 1.54) is 0 Å². The molecule has 2 N–H and O–H groups in total. The summed E-state index contributed by atoms with van der Waals surface area (Å²) < 4.78 is 0. The average molecular weight is 285 g/mol. The van der Waals surface area contributed by atoms with Gasteiger partial charge in [-0.1, -0.05) is 24.6 Å². The van der Waals surface area contributed by atoms with Crippen molar-refractivity contribution < 1.29 is 9.59 Å². The monoisotopic (exact) mass is 285 g/mol. The second-order valence-corrected chi connectivity index (χ2v) is 4.65. The molecule has 21 heavy (non-hydrogen) atoms. The topological polar surface area (TPSA) is 82.0 Å². The molecule has 1 rings (SSSR count). The number of benzene rings is 1. The van der Waals surface area contributed by atoms with Crippen LogP contribution in [0, 0.1) is 11.3 Å². The molecule has 0 aliphatic heterocycles. The first-order valence-corrected chi connectivity index (χ1v) is 6.76. The molecule has 5 nitrogen and oxygen atoms in total. The number of carbonyl (C=O) groups is 2. The van der Waals surface area contributed by atoms with Crippen LogP contribution in [0.25, 0.3) is 0 Å². The van der Waals surface area contributed by atoms with E-state index in [1.807, 2.05) is 19.9 Å². The summed E-state index contributed by atoms with van der Waals surface area (Å²) in [5.41, 5.74) is 2.51. The Labute approximate surface area is 124 Å². The number of nitrogens with zero attached hydrogens (tertiary/aromatic N) is 1. The summed E-state index contributed by atoms with van der Waals surface area (Å²) in [5.74, 6) is -0.478. The molecule has 0 atom stereocenters. The van der Waals surface area contributed by atoms with Crippen LogP contribution in [0.4, 0.5) is 5.69 Å². The van der Waals surface area contributed by atoms with Crippen LogP contribution < -0.4 is 10.6 Å². The summed E-state index contributed by atoms with van der Waals surface area (Å²) in [6.45, 7) is 4.28. The van der Waals surface area contributed by atoms with Gasteiger partial charge in [0.15, 0.2) is 0 Å². The van der Waals surface area contributed by atoms with Crippen molar-refractivity contribution in [1.29, 1.82) is 5.26 Å². The summed E-state index contributed by atoms with van der Waals surface area (Å²) in [7, 11) is 0. The minimum atomic E-state index is -0.347. The van der Waals surface area contributed by atoms with Gasteiger partial charge in [0.1, 0.15) is 6.42 Å². The van der Waals surface area contributed by atoms with Gasteiger partial charge in [-0.2, -0.15) is 5.26 Å². The zero-order chi connectivity index (χ0) is 15.7. The number of amides is 2. The lowest BCUT2D eigenvalue weighted by Gasteiger charge is -2.07. The highest BCUT2D eigenvalue weighted by Crippen LogP contribution is 2.11. The quantitative estimate of drug-likeness (QED) is 0.788. The molecule has 5 heteroatoms. The lowest BCUT2D eigenvalue weighted by Crippen LogP contribution is -2.20. The summed E-state index contributed by atoms with van der Waals surface area (Å²) in [4.78, 5) is 23.0. The van der Waals surface area contributed by atoms with E-state index in [2.05, 4.69) is 10.6 Å². The maximum atomic E-state index is 11.6. The summed E-state index contributed by atoms with van der Waals surface area (Å²) in [6.07, 6.45) is 2.24. The molecule has 0 heterocycles. The predicted molar refractivity (Wildman–Crippen MR) is 81.2 cm³/mol. The zero-order valence-corrected chi connectivity index (χ0v) is 12.3. The third kappa shape index (κ3) is 6.39. The Balaban J connectivity index is 2.59. The van der Waals surface area contributed by atoms with E-state index in [0.29, 0.717) is 12.2 Å². The Morgan fingerprint density at radius 3 is 2.81 bits per heavy atom. The number of hydrogen-bond acceptors (Lipinski definition) is 3. The summed E-state index contributed by atoms with van der Waals surface area (Å²) in [5, 5.41) is 13.9. The molecule has 0 fully saturated rings. The fourth-order valence-electron chi connectivity index (χ4n) is 1.60. The molecule has 1 aromatic carbocycles. The lowest BCUT2D eigenvalue weighted by atomic mass is 10.2. The third-order valence-corrected chi connectivity index (χ3v) is 2.85. The van der Waals surface area contributed by atoms with Crippen LogP contribution in [0.1, 0.15) is 32.3 Å². The van der Waals surface area contributed by atoms with Crippen LogP contribution in [0.2, 0.25) is 0 Å². The van der Waals surface area contributed by atoms with Gasteiger partial charge in [0.2, 0.25) is 11.8 Å². The first-order chi connectivity index (χ1) is 10.0. The molecule has 110 valence electrons. The van der Waals surface area contributed by atoms with Crippen molar-refractivity contribution in [2.45, 2.75) is 33.2 Å². The SMILES string of the molecule is CC/C(C)=C/C(=O)NCc1cccc(NC(=O)CC#N)c1. The van der Waals surface area contributed by atoms with Gasteiger partial charge in [-0.3, -0.25) is 9.59 Å². The molecule has 0 saturated heterocycles. The van der Waals surface area contributed by atoms with Crippen LogP contribution in [-0.4, -0.2) is 11.8 Å². The van der Waals surface area contributed by atoms with E-state index < -0.39 is 0 Å². The van der Waals surface area contributed by atoms with Crippen LogP contribution in [0.3, 0.4) is 0 Å². The minimum absolute atomic E-state index is 0.131. The normalized spacial score (nSPS) is 10.6. The second kappa shape index (κ2) is 8.54. The summed E-state index contributed by atoms with van der Waals surface area (Å²) in [6, 6.07) is 8.94. The van der Waals surface area contributed by atoms with Gasteiger partial charge in [0.25, 0.3) is 0 Å². The first-order valence-electron chi connectivity index (χ1n) is 6.76. The van der Waals surface area contributed by atoms with Crippen LogP contribution >= 0.6 is 0 Å². The number of allylic oxidation sites excluding steroid dienone is 1. The van der Waals surface area contributed by atoms with Gasteiger partial charge in [-0.05, 0) is 31.0 Å². The number of hydrogen-bond donors (Lipinski definition) is 2. The molecule has 0 aliphatic rings. The van der Waals surface area contributed by atoms with Crippen molar-refractivity contribution in [2.75, 3.05) is 5.32 Å². The molecule has 1 aromatic rings. The molecule has 2 amide bonds. The largest absolute Gasteiger partial charge is 0.348 e. The standard InChI is InChI=1S/C16H19N3O2/c1-3-12(2)9-16(21)18-11-13-5-4-6-14(10-13)19-15(20)7-8-17/h4-6,9-10H,3,7,11H2,1-2H3,(H,18,21)(H,19,20)/b12-9+.